The minimum Gasteiger partial charge on any atom is -0.437 e. The van der Waals surface area contributed by atoms with Crippen molar-refractivity contribution in [2.75, 3.05) is 7.11 Å². The zero-order valence-electron chi connectivity index (χ0n) is 12.8. The normalized spacial score (nSPS) is 11.0. The minimum absolute atomic E-state index is 0.499. The summed E-state index contributed by atoms with van der Waals surface area (Å²) in [4.78, 5) is 11.1. The molecular weight excluding hydrogens is 280 g/mol. The number of benzene rings is 2. The zero-order valence-corrected chi connectivity index (χ0v) is 13.8. The van der Waals surface area contributed by atoms with Gasteiger partial charge in [0.2, 0.25) is 0 Å². The van der Waals surface area contributed by atoms with Gasteiger partial charge >= 0.3 is 6.16 Å². The van der Waals surface area contributed by atoms with Crippen LogP contribution in [0.5, 0.6) is 5.75 Å². The van der Waals surface area contributed by atoms with Crippen molar-refractivity contribution in [2.24, 2.45) is 0 Å². The van der Waals surface area contributed by atoms with E-state index in [1.54, 1.807) is 0 Å². The van der Waals surface area contributed by atoms with E-state index in [0.29, 0.717) is 5.75 Å². The summed E-state index contributed by atoms with van der Waals surface area (Å²) in [5.41, 5.74) is 1.27. The Balaban J connectivity index is 2.24. The molecule has 0 heterocycles. The quantitative estimate of drug-likeness (QED) is 0.497. The van der Waals surface area contributed by atoms with Gasteiger partial charge in [0.15, 0.2) is 0 Å². The number of methoxy groups -OCH3 is 1. The van der Waals surface area contributed by atoms with Crippen LogP contribution in [0.2, 0.25) is 13.1 Å². The maximum Gasteiger partial charge on any atom is 0.513 e. The molecule has 0 fully saturated rings. The molecule has 0 aliphatic carbocycles. The third-order valence-corrected chi connectivity index (χ3v) is 7.27. The van der Waals surface area contributed by atoms with Gasteiger partial charge in [-0.1, -0.05) is 65.4 Å². The van der Waals surface area contributed by atoms with Crippen LogP contribution in [0.1, 0.15) is 5.56 Å². The summed E-state index contributed by atoms with van der Waals surface area (Å²) < 4.78 is 9.49. The first-order chi connectivity index (χ1) is 9.93. The van der Waals surface area contributed by atoms with Gasteiger partial charge in [0.25, 0.3) is 0 Å². The maximum atomic E-state index is 11.1. The van der Waals surface area contributed by atoms with Gasteiger partial charge in [-0.15, -0.1) is 0 Å². The van der Waals surface area contributed by atoms with Crippen molar-refractivity contribution in [1.29, 1.82) is 0 Å². The summed E-state index contributed by atoms with van der Waals surface area (Å²) >= 11 is 0. The van der Waals surface area contributed by atoms with Crippen LogP contribution in [0.3, 0.4) is 0 Å². The molecular formula is C17H20O3Si. The molecule has 0 atom stereocenters. The molecule has 0 radical (unpaired) electrons. The second kappa shape index (κ2) is 6.14. The standard InChI is InChI=1S/C17H20O3Si/c1-13-5-9-15(10-6-13)21(3,4)16-11-7-14(8-12-16)20-17(18)19-2/h5-12H,1-4H3. The van der Waals surface area contributed by atoms with Crippen molar-refractivity contribution in [2.45, 2.75) is 20.0 Å². The fourth-order valence-electron chi connectivity index (χ4n) is 2.21. The van der Waals surface area contributed by atoms with Crippen molar-refractivity contribution >= 4 is 24.6 Å². The molecule has 21 heavy (non-hydrogen) atoms. The highest BCUT2D eigenvalue weighted by molar-refractivity contribution is 7.00. The number of rotatable bonds is 3. The Morgan fingerprint density at radius 1 is 0.905 bits per heavy atom. The fraction of sp³-hybridized carbons (Fsp3) is 0.235. The van der Waals surface area contributed by atoms with Crippen molar-refractivity contribution in [1.82, 2.24) is 0 Å². The van der Waals surface area contributed by atoms with E-state index < -0.39 is 14.2 Å². The van der Waals surface area contributed by atoms with Crippen LogP contribution in [0.4, 0.5) is 4.79 Å². The van der Waals surface area contributed by atoms with Crippen LogP contribution >= 0.6 is 0 Å². The molecule has 2 aromatic carbocycles. The monoisotopic (exact) mass is 300 g/mol. The van der Waals surface area contributed by atoms with Crippen LogP contribution < -0.4 is 15.1 Å². The van der Waals surface area contributed by atoms with E-state index in [-0.39, 0.29) is 0 Å². The Morgan fingerprint density at radius 2 is 1.38 bits per heavy atom. The molecule has 0 aliphatic rings. The van der Waals surface area contributed by atoms with Crippen LogP contribution in [-0.2, 0) is 4.74 Å². The Labute approximate surface area is 126 Å². The lowest BCUT2D eigenvalue weighted by Crippen LogP contribution is -2.52. The van der Waals surface area contributed by atoms with E-state index >= 15 is 0 Å². The third kappa shape index (κ3) is 3.52. The van der Waals surface area contributed by atoms with Gasteiger partial charge in [-0.2, -0.15) is 0 Å². The van der Waals surface area contributed by atoms with Crippen LogP contribution in [0.15, 0.2) is 48.5 Å². The highest BCUT2D eigenvalue weighted by Crippen LogP contribution is 2.12. The van der Waals surface area contributed by atoms with Crippen molar-refractivity contribution in [3.63, 3.8) is 0 Å². The molecule has 110 valence electrons. The second-order valence-electron chi connectivity index (χ2n) is 5.57. The van der Waals surface area contributed by atoms with E-state index in [1.165, 1.54) is 23.0 Å². The molecule has 2 rings (SSSR count). The Bertz CT molecular complexity index is 615. The Hall–Kier alpha value is -2.07. The molecule has 0 N–H and O–H groups in total. The number of hydrogen-bond acceptors (Lipinski definition) is 3. The predicted octanol–water partition coefficient (Wildman–Crippen LogP) is 2.96. The molecule has 4 heteroatoms. The van der Waals surface area contributed by atoms with E-state index in [2.05, 4.69) is 49.0 Å². The highest BCUT2D eigenvalue weighted by Gasteiger charge is 2.25. The van der Waals surface area contributed by atoms with Gasteiger partial charge in [-0.3, -0.25) is 0 Å². The molecule has 0 spiro atoms. The van der Waals surface area contributed by atoms with E-state index in [4.69, 9.17) is 4.74 Å². The molecule has 0 aromatic heterocycles. The smallest absolute Gasteiger partial charge is 0.437 e. The maximum absolute atomic E-state index is 11.1. The summed E-state index contributed by atoms with van der Waals surface area (Å²) in [5, 5.41) is 2.68. The first-order valence-corrected chi connectivity index (χ1v) is 9.87. The van der Waals surface area contributed by atoms with Crippen molar-refractivity contribution in [3.8, 4) is 5.75 Å². The molecule has 0 saturated carbocycles. The molecule has 3 nitrogen and oxygen atoms in total. The number of carbonyl (C=O) groups excluding carboxylic acids is 1. The molecule has 2 aromatic rings. The summed E-state index contributed by atoms with van der Waals surface area (Å²) in [6, 6.07) is 16.4. The number of aryl methyl sites for hydroxylation is 1. The first-order valence-electron chi connectivity index (χ1n) is 6.87. The van der Waals surface area contributed by atoms with Crippen LogP contribution in [-0.4, -0.2) is 21.3 Å². The Morgan fingerprint density at radius 3 is 1.86 bits per heavy atom. The van der Waals surface area contributed by atoms with Gasteiger partial charge in [-0.05, 0) is 19.1 Å². The van der Waals surface area contributed by atoms with E-state index in [1.807, 2.05) is 24.3 Å². The summed E-state index contributed by atoms with van der Waals surface area (Å²) in [5.74, 6) is 0.499. The van der Waals surface area contributed by atoms with Gasteiger partial charge in [0, 0.05) is 0 Å². The lowest BCUT2D eigenvalue weighted by molar-refractivity contribution is 0.121. The summed E-state index contributed by atoms with van der Waals surface area (Å²) in [6.45, 7) is 6.72. The summed E-state index contributed by atoms with van der Waals surface area (Å²) in [7, 11) is -0.426. The van der Waals surface area contributed by atoms with Crippen LogP contribution in [0, 0.1) is 6.92 Å². The average Bonchev–Trinajstić information content (AvgIpc) is 2.48. The average molecular weight is 300 g/mol. The lowest BCUT2D eigenvalue weighted by Gasteiger charge is -2.24. The Kier molecular flexibility index (Phi) is 4.48. The van der Waals surface area contributed by atoms with Crippen LogP contribution in [0.25, 0.3) is 0 Å². The van der Waals surface area contributed by atoms with E-state index in [0.717, 1.165) is 0 Å². The molecule has 0 amide bonds. The van der Waals surface area contributed by atoms with Crippen molar-refractivity contribution in [3.05, 3.63) is 54.1 Å². The third-order valence-electron chi connectivity index (χ3n) is 3.72. The zero-order chi connectivity index (χ0) is 15.5. The second-order valence-corrected chi connectivity index (χ2v) is 9.98. The topological polar surface area (TPSA) is 35.5 Å². The lowest BCUT2D eigenvalue weighted by atomic mass is 10.2. The molecule has 0 aliphatic heterocycles. The fourth-order valence-corrected chi connectivity index (χ4v) is 4.55. The molecule has 0 unspecified atom stereocenters. The molecule has 0 saturated heterocycles. The SMILES string of the molecule is COC(=O)Oc1ccc([Si](C)(C)c2ccc(C)cc2)cc1. The first kappa shape index (κ1) is 15.3. The summed E-state index contributed by atoms with van der Waals surface area (Å²) in [6.07, 6.45) is -0.696. The van der Waals surface area contributed by atoms with Gasteiger partial charge in [0.1, 0.15) is 13.8 Å². The van der Waals surface area contributed by atoms with Crippen molar-refractivity contribution < 1.29 is 14.3 Å². The predicted molar refractivity (Wildman–Crippen MR) is 87.4 cm³/mol. The largest absolute Gasteiger partial charge is 0.513 e. The van der Waals surface area contributed by atoms with Gasteiger partial charge in [0.05, 0.1) is 7.11 Å². The number of ether oxygens (including phenoxy) is 2. The van der Waals surface area contributed by atoms with Gasteiger partial charge in [-0.25, -0.2) is 4.79 Å². The van der Waals surface area contributed by atoms with E-state index in [9.17, 15) is 4.79 Å². The highest BCUT2D eigenvalue weighted by atomic mass is 28.3. The minimum atomic E-state index is -1.72. The van der Waals surface area contributed by atoms with Gasteiger partial charge < -0.3 is 9.47 Å². The number of hydrogen-bond donors (Lipinski definition) is 0. The number of carbonyl (C=O) groups is 1. The molecule has 0 bridgehead atoms.